The Bertz CT molecular complexity index is 3820. The number of nitriles is 2. The van der Waals surface area contributed by atoms with Gasteiger partial charge in [0.15, 0.2) is 5.69 Å². The van der Waals surface area contributed by atoms with E-state index in [1.807, 2.05) is 60.7 Å². The molecule has 0 unspecified atom stereocenters. The molecule has 11 rings (SSSR count). The number of hydrogen-bond acceptors (Lipinski definition) is 2. The van der Waals surface area contributed by atoms with Gasteiger partial charge in [-0.25, -0.2) is 4.85 Å². The summed E-state index contributed by atoms with van der Waals surface area (Å²) in [5.74, 6) is 0. The van der Waals surface area contributed by atoms with Crippen molar-refractivity contribution in [1.29, 1.82) is 10.5 Å². The van der Waals surface area contributed by atoms with Gasteiger partial charge < -0.3 is 9.13 Å². The van der Waals surface area contributed by atoms with E-state index in [4.69, 9.17) is 6.57 Å². The smallest absolute Gasteiger partial charge is 0.187 e. The summed E-state index contributed by atoms with van der Waals surface area (Å²) in [7, 11) is 0. The van der Waals surface area contributed by atoms with E-state index >= 15 is 0 Å². The maximum absolute atomic E-state index is 10.5. The van der Waals surface area contributed by atoms with Crippen molar-refractivity contribution in [3.63, 3.8) is 0 Å². The first-order valence-electron chi connectivity index (χ1n) is 21.2. The van der Waals surface area contributed by atoms with Crippen LogP contribution < -0.4 is 0 Å². The second kappa shape index (κ2) is 15.2. The monoisotopic (exact) mass is 815 g/mol. The number of fused-ring (bicyclic) bond motifs is 6. The Hall–Kier alpha value is -8.95. The zero-order valence-electron chi connectivity index (χ0n) is 35.1. The van der Waals surface area contributed by atoms with Crippen molar-refractivity contribution in [2.75, 3.05) is 0 Å². The molecule has 2 aromatic heterocycles. The van der Waals surface area contributed by atoms with E-state index < -0.39 is 0 Å². The van der Waals surface area contributed by atoms with Gasteiger partial charge >= 0.3 is 0 Å². The number of nitrogens with zero attached hydrogens (tertiary/aromatic N) is 5. The molecule has 0 aliphatic heterocycles. The van der Waals surface area contributed by atoms with Gasteiger partial charge in [-0.05, 0) is 132 Å². The van der Waals surface area contributed by atoms with Gasteiger partial charge in [-0.2, -0.15) is 10.5 Å². The number of benzene rings is 9. The number of rotatable bonds is 6. The van der Waals surface area contributed by atoms with Crippen LogP contribution in [0.5, 0.6) is 0 Å². The highest BCUT2D eigenvalue weighted by Gasteiger charge is 2.22. The normalized spacial score (nSPS) is 11.2. The molecule has 2 heterocycles. The topological polar surface area (TPSA) is 61.8 Å². The molecule has 5 nitrogen and oxygen atoms in total. The summed E-state index contributed by atoms with van der Waals surface area (Å²) in [5.41, 5.74) is 18.8. The summed E-state index contributed by atoms with van der Waals surface area (Å²) in [4.78, 5) is 3.60. The van der Waals surface area contributed by atoms with Crippen LogP contribution in [-0.2, 0) is 0 Å². The molecule has 0 atom stereocenters. The molecule has 0 aliphatic carbocycles. The van der Waals surface area contributed by atoms with Crippen molar-refractivity contribution >= 4 is 49.3 Å². The zero-order chi connectivity index (χ0) is 43.5. The van der Waals surface area contributed by atoms with Crippen molar-refractivity contribution in [1.82, 2.24) is 9.13 Å². The lowest BCUT2D eigenvalue weighted by Gasteiger charge is -2.20. The van der Waals surface area contributed by atoms with Crippen LogP contribution in [0.3, 0.4) is 0 Å². The van der Waals surface area contributed by atoms with Gasteiger partial charge in [0.05, 0.1) is 63.3 Å². The van der Waals surface area contributed by atoms with Gasteiger partial charge in [-0.15, -0.1) is 0 Å². The standard InChI is InChI=1S/C59H37N5/c1-37-12-25-47(38(2)30-37)45-22-29-59(64-55-11-7-5-9-49(55)52-33-44(21-28-58(52)64)42-18-23-46(62-3)24-19-42)53(34-45)50-31-40(36-61)15-26-56(50)63-54-10-6-4-8-48(54)51-32-43(20-27-57(51)63)41-16-13-39(35-60)14-17-41/h4-34H,1-2H3. The molecule has 5 heteroatoms. The van der Waals surface area contributed by atoms with Crippen LogP contribution in [0.25, 0.3) is 104 Å². The third-order valence-corrected chi connectivity index (χ3v) is 12.6. The SMILES string of the molecule is [C-]#[N+]c1ccc(-c2ccc3c(c2)c2ccccc2n3-c2ccc(-c3ccc(C)cc3C)cc2-c2cc(C#N)ccc2-n2c3ccccc3c3cc(-c4ccc(C#N)cc4)ccc32)cc1. The minimum absolute atomic E-state index is 0.571. The summed E-state index contributed by atoms with van der Waals surface area (Å²) in [6.45, 7) is 11.7. The zero-order valence-corrected chi connectivity index (χ0v) is 35.1. The number of para-hydroxylation sites is 2. The predicted octanol–water partition coefficient (Wildman–Crippen LogP) is 15.5. The summed E-state index contributed by atoms with van der Waals surface area (Å²) >= 11 is 0. The molecular weight excluding hydrogens is 779 g/mol. The maximum atomic E-state index is 10.5. The summed E-state index contributed by atoms with van der Waals surface area (Å²) in [6, 6.07) is 70.0. The molecule has 0 spiro atoms. The van der Waals surface area contributed by atoms with Crippen LogP contribution in [0, 0.1) is 43.1 Å². The third kappa shape index (κ3) is 6.22. The lowest BCUT2D eigenvalue weighted by molar-refractivity contribution is 1.16. The van der Waals surface area contributed by atoms with E-state index in [0.29, 0.717) is 16.8 Å². The first-order valence-corrected chi connectivity index (χ1v) is 21.2. The van der Waals surface area contributed by atoms with E-state index in [1.54, 1.807) is 0 Å². The summed E-state index contributed by atoms with van der Waals surface area (Å²) in [5, 5.41) is 24.5. The molecule has 11 aromatic rings. The van der Waals surface area contributed by atoms with Crippen LogP contribution >= 0.6 is 0 Å². The minimum atomic E-state index is 0.571. The molecule has 0 N–H and O–H groups in total. The minimum Gasteiger partial charge on any atom is -0.309 e. The first kappa shape index (κ1) is 38.0. The quantitative estimate of drug-likeness (QED) is 0.157. The van der Waals surface area contributed by atoms with E-state index in [9.17, 15) is 10.5 Å². The highest BCUT2D eigenvalue weighted by Crippen LogP contribution is 2.44. The highest BCUT2D eigenvalue weighted by molar-refractivity contribution is 6.13. The molecule has 0 amide bonds. The highest BCUT2D eigenvalue weighted by atomic mass is 15.0. The molecule has 0 aliphatic rings. The lowest BCUT2D eigenvalue weighted by Crippen LogP contribution is -2.02. The van der Waals surface area contributed by atoms with Crippen LogP contribution in [-0.4, -0.2) is 9.13 Å². The van der Waals surface area contributed by atoms with Crippen molar-refractivity contribution in [3.8, 4) is 68.0 Å². The van der Waals surface area contributed by atoms with E-state index in [1.165, 1.54) is 11.1 Å². The number of hydrogen-bond donors (Lipinski definition) is 0. The fraction of sp³-hybridized carbons (Fsp3) is 0.0339. The molecule has 0 saturated carbocycles. The second-order valence-corrected chi connectivity index (χ2v) is 16.4. The van der Waals surface area contributed by atoms with Crippen molar-refractivity contribution < 1.29 is 0 Å². The molecule has 9 aromatic carbocycles. The number of aryl methyl sites for hydroxylation is 2. The van der Waals surface area contributed by atoms with Gasteiger partial charge in [0.25, 0.3) is 0 Å². The van der Waals surface area contributed by atoms with Gasteiger partial charge in [0.1, 0.15) is 0 Å². The summed E-state index contributed by atoms with van der Waals surface area (Å²) < 4.78 is 4.71. The van der Waals surface area contributed by atoms with Crippen molar-refractivity contribution in [2.24, 2.45) is 0 Å². The molecule has 298 valence electrons. The molecule has 0 saturated heterocycles. The van der Waals surface area contributed by atoms with E-state index in [-0.39, 0.29) is 0 Å². The molecule has 0 fully saturated rings. The fourth-order valence-electron chi connectivity index (χ4n) is 9.56. The van der Waals surface area contributed by atoms with Crippen LogP contribution in [0.2, 0.25) is 0 Å². The maximum Gasteiger partial charge on any atom is 0.187 e. The van der Waals surface area contributed by atoms with Crippen LogP contribution in [0.1, 0.15) is 22.3 Å². The Morgan fingerprint density at radius 2 is 0.891 bits per heavy atom. The Morgan fingerprint density at radius 3 is 1.45 bits per heavy atom. The Kier molecular flexibility index (Phi) is 9.02. The molecule has 0 radical (unpaired) electrons. The first-order chi connectivity index (χ1) is 31.4. The Balaban J connectivity index is 1.20. The predicted molar refractivity (Wildman–Crippen MR) is 262 cm³/mol. The molecule has 0 bridgehead atoms. The molecular formula is C59H37N5. The van der Waals surface area contributed by atoms with Gasteiger partial charge in [-0.1, -0.05) is 115 Å². The second-order valence-electron chi connectivity index (χ2n) is 16.4. The Labute approximate surface area is 371 Å². The van der Waals surface area contributed by atoms with E-state index in [2.05, 4.69) is 167 Å². The van der Waals surface area contributed by atoms with Gasteiger partial charge in [-0.3, -0.25) is 0 Å². The molecule has 64 heavy (non-hydrogen) atoms. The fourth-order valence-corrected chi connectivity index (χ4v) is 9.56. The van der Waals surface area contributed by atoms with Crippen LogP contribution in [0.4, 0.5) is 5.69 Å². The largest absolute Gasteiger partial charge is 0.309 e. The average Bonchev–Trinajstić information content (AvgIpc) is 3.85. The van der Waals surface area contributed by atoms with Crippen molar-refractivity contribution in [2.45, 2.75) is 13.8 Å². The summed E-state index contributed by atoms with van der Waals surface area (Å²) in [6.07, 6.45) is 0. The Morgan fingerprint density at radius 1 is 0.406 bits per heavy atom. The van der Waals surface area contributed by atoms with Gasteiger partial charge in [0.2, 0.25) is 0 Å². The lowest BCUT2D eigenvalue weighted by atomic mass is 9.92. The third-order valence-electron chi connectivity index (χ3n) is 12.6. The van der Waals surface area contributed by atoms with E-state index in [0.717, 1.165) is 99.5 Å². The van der Waals surface area contributed by atoms with Gasteiger partial charge in [0, 0.05) is 32.7 Å². The number of aromatic nitrogens is 2. The average molecular weight is 816 g/mol. The van der Waals surface area contributed by atoms with Crippen LogP contribution in [0.15, 0.2) is 188 Å². The van der Waals surface area contributed by atoms with Crippen molar-refractivity contribution in [3.05, 3.63) is 222 Å².